The predicted octanol–water partition coefficient (Wildman–Crippen LogP) is 5.87. The second-order valence-electron chi connectivity index (χ2n) is 10.0. The minimum atomic E-state index is -0.509. The Kier molecular flexibility index (Phi) is 6.84. The van der Waals surface area contributed by atoms with Crippen molar-refractivity contribution in [3.05, 3.63) is 82.6 Å². The summed E-state index contributed by atoms with van der Waals surface area (Å²) in [4.78, 5) is 7.03. The number of hydrogen-bond acceptors (Lipinski definition) is 4. The van der Waals surface area contributed by atoms with Crippen LogP contribution in [0.2, 0.25) is 5.02 Å². The molecule has 2 bridgehead atoms. The van der Waals surface area contributed by atoms with Gasteiger partial charge in [-0.15, -0.1) is 0 Å². The highest BCUT2D eigenvalue weighted by Gasteiger charge is 2.44. The van der Waals surface area contributed by atoms with Crippen LogP contribution in [-0.2, 0) is 0 Å². The molecule has 2 aliphatic heterocycles. The van der Waals surface area contributed by atoms with Crippen LogP contribution in [0.1, 0.15) is 49.4 Å². The highest BCUT2D eigenvalue weighted by Crippen LogP contribution is 2.40. The number of piperidine rings is 1. The maximum Gasteiger partial charge on any atom is 0.122 e. The number of ether oxygens (including phenoxy) is 1. The summed E-state index contributed by atoms with van der Waals surface area (Å²) in [5.41, 5.74) is 4.35. The Morgan fingerprint density at radius 1 is 1.03 bits per heavy atom. The Balaban J connectivity index is 1.17. The van der Waals surface area contributed by atoms with E-state index in [1.807, 2.05) is 61.7 Å². The zero-order valence-electron chi connectivity index (χ0n) is 20.3. The molecular weight excluding hydrogens is 456 g/mol. The van der Waals surface area contributed by atoms with E-state index in [0.29, 0.717) is 18.7 Å². The smallest absolute Gasteiger partial charge is 0.122 e. The molecule has 5 rings (SSSR count). The molecule has 1 aromatic heterocycles. The first-order valence-corrected chi connectivity index (χ1v) is 12.7. The third-order valence-electron chi connectivity index (χ3n) is 7.18. The molecule has 0 amide bonds. The summed E-state index contributed by atoms with van der Waals surface area (Å²) in [6.45, 7) is 5.60. The van der Waals surface area contributed by atoms with Crippen LogP contribution >= 0.6 is 11.6 Å². The summed E-state index contributed by atoms with van der Waals surface area (Å²) in [6.07, 6.45) is 5.95. The molecule has 2 fully saturated rings. The van der Waals surface area contributed by atoms with Gasteiger partial charge in [0, 0.05) is 41.0 Å². The van der Waals surface area contributed by atoms with Crippen LogP contribution in [0, 0.1) is 18.8 Å². The summed E-state index contributed by atoms with van der Waals surface area (Å²) in [5.74, 6) is 7.27. The van der Waals surface area contributed by atoms with E-state index in [2.05, 4.69) is 34.7 Å². The zero-order valence-corrected chi connectivity index (χ0v) is 21.1. The van der Waals surface area contributed by atoms with Gasteiger partial charge in [-0.3, -0.25) is 4.90 Å². The van der Waals surface area contributed by atoms with E-state index in [-0.39, 0.29) is 0 Å². The molecule has 4 nitrogen and oxygen atoms in total. The van der Waals surface area contributed by atoms with E-state index in [4.69, 9.17) is 16.3 Å². The molecule has 2 aliphatic rings. The van der Waals surface area contributed by atoms with Crippen LogP contribution in [-0.4, -0.2) is 45.8 Å². The second-order valence-corrected chi connectivity index (χ2v) is 10.5. The average molecular weight is 487 g/mol. The molecule has 0 radical (unpaired) electrons. The minimum absolute atomic E-state index is 0.486. The van der Waals surface area contributed by atoms with Crippen LogP contribution < -0.4 is 4.74 Å². The van der Waals surface area contributed by atoms with E-state index in [0.717, 1.165) is 58.1 Å². The first-order chi connectivity index (χ1) is 16.9. The summed E-state index contributed by atoms with van der Waals surface area (Å²) < 4.78 is 6.12. The standard InChI is InChI=1S/C30H31ClN2O2/c1-21-17-22(3-10-26-11-7-24(20-32-26)23-5-8-25(31)9-6-23)4-14-29(21)35-16-15-33-27-12-13-28(33)19-30(2,34)18-27/h4-9,11,14,17,20,27-28,34H,12-13,15-16,18-19H2,1-2H3/t27-,28+,30?. The van der Waals surface area contributed by atoms with Gasteiger partial charge in [0.1, 0.15) is 18.1 Å². The first-order valence-electron chi connectivity index (χ1n) is 12.3. The van der Waals surface area contributed by atoms with E-state index in [1.54, 1.807) is 0 Å². The number of benzene rings is 2. The van der Waals surface area contributed by atoms with Gasteiger partial charge in [-0.1, -0.05) is 35.7 Å². The highest BCUT2D eigenvalue weighted by molar-refractivity contribution is 6.30. The number of pyridine rings is 1. The lowest BCUT2D eigenvalue weighted by molar-refractivity contribution is -0.0410. The molecule has 5 heteroatoms. The number of fused-ring (bicyclic) bond motifs is 2. The molecular formula is C30H31ClN2O2. The van der Waals surface area contributed by atoms with E-state index >= 15 is 0 Å². The molecule has 1 unspecified atom stereocenters. The second kappa shape index (κ2) is 10.0. The first kappa shape index (κ1) is 23.9. The monoisotopic (exact) mass is 486 g/mol. The molecule has 35 heavy (non-hydrogen) atoms. The predicted molar refractivity (Wildman–Crippen MR) is 141 cm³/mol. The van der Waals surface area contributed by atoms with Gasteiger partial charge in [-0.25, -0.2) is 4.98 Å². The number of rotatable bonds is 5. The van der Waals surface area contributed by atoms with Gasteiger partial charge in [0.15, 0.2) is 0 Å². The van der Waals surface area contributed by atoms with Crippen LogP contribution in [0.4, 0.5) is 0 Å². The Morgan fingerprint density at radius 2 is 1.74 bits per heavy atom. The normalized spacial score (nSPS) is 23.5. The third-order valence-corrected chi connectivity index (χ3v) is 7.43. The summed E-state index contributed by atoms with van der Waals surface area (Å²) in [6, 6.07) is 18.7. The van der Waals surface area contributed by atoms with Crippen LogP contribution in [0.15, 0.2) is 60.8 Å². The molecule has 3 aromatic rings. The number of halogens is 1. The molecule has 3 atom stereocenters. The lowest BCUT2D eigenvalue weighted by Gasteiger charge is -2.42. The maximum atomic E-state index is 10.4. The van der Waals surface area contributed by atoms with Gasteiger partial charge in [0.2, 0.25) is 0 Å². The van der Waals surface area contributed by atoms with Crippen LogP contribution in [0.25, 0.3) is 11.1 Å². The quantitative estimate of drug-likeness (QED) is 0.458. The molecule has 2 aromatic carbocycles. The Morgan fingerprint density at radius 3 is 2.40 bits per heavy atom. The van der Waals surface area contributed by atoms with Crippen LogP contribution in [0.3, 0.4) is 0 Å². The number of nitrogens with zero attached hydrogens (tertiary/aromatic N) is 2. The van der Waals surface area contributed by atoms with Gasteiger partial charge in [-0.2, -0.15) is 0 Å². The number of aromatic nitrogens is 1. The minimum Gasteiger partial charge on any atom is -0.492 e. The summed E-state index contributed by atoms with van der Waals surface area (Å²) in [5, 5.41) is 11.2. The Bertz CT molecular complexity index is 1230. The molecule has 1 N–H and O–H groups in total. The zero-order chi connectivity index (χ0) is 24.4. The van der Waals surface area contributed by atoms with Gasteiger partial charge < -0.3 is 9.84 Å². The van der Waals surface area contributed by atoms with E-state index in [1.165, 1.54) is 12.8 Å². The van der Waals surface area contributed by atoms with Crippen molar-refractivity contribution in [2.45, 2.75) is 57.2 Å². The van der Waals surface area contributed by atoms with Crippen LogP contribution in [0.5, 0.6) is 5.75 Å². The molecule has 3 heterocycles. The van der Waals surface area contributed by atoms with Gasteiger partial charge in [-0.05, 0) is 93.0 Å². The lowest BCUT2D eigenvalue weighted by atomic mass is 9.88. The van der Waals surface area contributed by atoms with Crippen molar-refractivity contribution in [2.75, 3.05) is 13.2 Å². The molecule has 0 saturated carbocycles. The number of aliphatic hydroxyl groups is 1. The Hall–Kier alpha value is -2.84. The lowest BCUT2D eigenvalue weighted by Crippen LogP contribution is -2.50. The van der Waals surface area contributed by atoms with Crippen molar-refractivity contribution >= 4 is 11.6 Å². The fourth-order valence-corrected chi connectivity index (χ4v) is 5.61. The van der Waals surface area contributed by atoms with Crippen molar-refractivity contribution in [1.29, 1.82) is 0 Å². The fraction of sp³-hybridized carbons (Fsp3) is 0.367. The summed E-state index contributed by atoms with van der Waals surface area (Å²) in [7, 11) is 0. The van der Waals surface area contributed by atoms with Crippen molar-refractivity contribution in [3.63, 3.8) is 0 Å². The van der Waals surface area contributed by atoms with Crippen molar-refractivity contribution in [2.24, 2.45) is 0 Å². The van der Waals surface area contributed by atoms with E-state index in [9.17, 15) is 5.11 Å². The topological polar surface area (TPSA) is 45.6 Å². The van der Waals surface area contributed by atoms with Crippen molar-refractivity contribution in [3.8, 4) is 28.7 Å². The highest BCUT2D eigenvalue weighted by atomic mass is 35.5. The fourth-order valence-electron chi connectivity index (χ4n) is 5.48. The van der Waals surface area contributed by atoms with Gasteiger partial charge in [0.05, 0.1) is 5.60 Å². The molecule has 2 saturated heterocycles. The summed E-state index contributed by atoms with van der Waals surface area (Å²) >= 11 is 5.97. The maximum absolute atomic E-state index is 10.4. The molecule has 0 spiro atoms. The van der Waals surface area contributed by atoms with Crippen molar-refractivity contribution in [1.82, 2.24) is 9.88 Å². The number of hydrogen-bond donors (Lipinski definition) is 1. The average Bonchev–Trinajstić information content (AvgIpc) is 3.09. The number of aryl methyl sites for hydroxylation is 1. The third kappa shape index (κ3) is 5.70. The van der Waals surface area contributed by atoms with Gasteiger partial charge in [0.25, 0.3) is 0 Å². The van der Waals surface area contributed by atoms with Crippen molar-refractivity contribution < 1.29 is 9.84 Å². The largest absolute Gasteiger partial charge is 0.492 e. The Labute approximate surface area is 212 Å². The molecule has 0 aliphatic carbocycles. The SMILES string of the molecule is Cc1cc(C#Cc2ccc(-c3ccc(Cl)cc3)cn2)ccc1OCCN1[C@@H]2CC[C@H]1CC(C)(O)C2. The van der Waals surface area contributed by atoms with Gasteiger partial charge >= 0.3 is 0 Å². The molecule has 180 valence electrons. The van der Waals surface area contributed by atoms with E-state index < -0.39 is 5.60 Å².